The van der Waals surface area contributed by atoms with Crippen molar-refractivity contribution in [1.82, 2.24) is 4.90 Å². The van der Waals surface area contributed by atoms with Gasteiger partial charge in [0.2, 0.25) is 5.79 Å². The van der Waals surface area contributed by atoms with Gasteiger partial charge in [-0.15, -0.1) is 0 Å². The predicted octanol–water partition coefficient (Wildman–Crippen LogP) is 2.78. The molecule has 428 valence electrons. The molecule has 1 saturated carbocycles. The first-order chi connectivity index (χ1) is 35.4. The van der Waals surface area contributed by atoms with Crippen molar-refractivity contribution in [3.8, 4) is 0 Å². The SMILES string of the molecule is CO[C@@H]1C[C@H](C[C@@H](C)[C@@H]2CC(O)[C@H](C)/C=C(\C)[C@@H](O)[C@@H](OC)C(=O)[C@H](C)C[C@H](C)/C=C/C=C/C=C(\C)C(OC[C@@H](O)[C@@H](O)[C@H](O)[C@@H](O)CO)C[C@@H]3CC[C@@H](C)[C@@](O)(O3)C(=O)C(=O)N3CCCC[C@H]3C(=O)O2)CC[C@H]1O. The van der Waals surface area contributed by atoms with E-state index < -0.39 is 128 Å². The van der Waals surface area contributed by atoms with Gasteiger partial charge in [0.1, 0.15) is 48.8 Å². The third-order valence-electron chi connectivity index (χ3n) is 16.2. The van der Waals surface area contributed by atoms with Gasteiger partial charge in [-0.1, -0.05) is 71.1 Å². The first kappa shape index (κ1) is 64.2. The summed E-state index contributed by atoms with van der Waals surface area (Å²) in [6.45, 7) is 10.9. The van der Waals surface area contributed by atoms with E-state index in [1.807, 2.05) is 19.9 Å². The number of fused-ring (bicyclic) bond motifs is 3. The zero-order valence-corrected chi connectivity index (χ0v) is 45.7. The maximum atomic E-state index is 14.5. The van der Waals surface area contributed by atoms with Gasteiger partial charge in [-0.05, 0) is 107 Å². The lowest BCUT2D eigenvalue weighted by Crippen LogP contribution is -2.61. The zero-order chi connectivity index (χ0) is 55.9. The van der Waals surface area contributed by atoms with Gasteiger partial charge < -0.3 is 74.5 Å². The molecule has 3 aliphatic heterocycles. The van der Waals surface area contributed by atoms with E-state index in [4.69, 9.17) is 23.7 Å². The van der Waals surface area contributed by atoms with E-state index in [-0.39, 0.29) is 61.9 Å². The number of hydrogen-bond acceptors (Lipinski definition) is 18. The number of cyclic esters (lactones) is 1. The van der Waals surface area contributed by atoms with E-state index in [1.165, 1.54) is 7.11 Å². The standard InChI is InChI=1S/C56H91NO18/c1-31-15-11-10-12-16-32(2)45(73-30-44(62)51(66)50(65)43(61)29-58)27-39-20-18-37(7)56(70,75-39)53(67)54(68)57-22-14-13-17-40(57)55(69)74-46(34(4)25-38-19-21-41(59)47(26-38)71-8)28-42(60)33(3)24-36(6)49(64)52(72-9)48(63)35(5)23-31/h10-12,15-16,24,31,33-35,37-47,49-52,58-62,64-66,70H,13-14,17-23,25-30H2,1-9H3/b12-10+,15-11+,32-16+,36-24+/t31-,33-,34-,35-,37-,38+,39+,40+,41-,42?,43+,44-,45?,46+,47-,49-,50-,51-,52+,56-/m1/s1. The van der Waals surface area contributed by atoms with E-state index in [0.717, 1.165) is 4.90 Å². The monoisotopic (exact) mass is 1070 g/mol. The van der Waals surface area contributed by atoms with Gasteiger partial charge >= 0.3 is 5.97 Å². The average Bonchev–Trinajstić information content (AvgIpc) is 3.39. The summed E-state index contributed by atoms with van der Waals surface area (Å²) in [6.07, 6.45) is 0.448. The molecule has 1 aliphatic carbocycles. The van der Waals surface area contributed by atoms with Crippen LogP contribution in [-0.4, -0.2) is 193 Å². The molecule has 2 unspecified atom stereocenters. The quantitative estimate of drug-likeness (QED) is 0.0771. The van der Waals surface area contributed by atoms with Gasteiger partial charge in [0.25, 0.3) is 11.7 Å². The molecule has 0 aromatic heterocycles. The Morgan fingerprint density at radius 3 is 2.16 bits per heavy atom. The van der Waals surface area contributed by atoms with Crippen molar-refractivity contribution in [1.29, 1.82) is 0 Å². The second kappa shape index (κ2) is 30.2. The topological polar surface area (TPSA) is 300 Å². The van der Waals surface area contributed by atoms with E-state index >= 15 is 0 Å². The number of esters is 1. The number of amides is 1. The molecule has 4 aliphatic rings. The molecule has 0 radical (unpaired) electrons. The van der Waals surface area contributed by atoms with Crippen LogP contribution in [0.25, 0.3) is 0 Å². The van der Waals surface area contributed by atoms with Crippen LogP contribution in [0.1, 0.15) is 126 Å². The normalized spacial score (nSPS) is 39.4. The molecule has 19 nitrogen and oxygen atoms in total. The average molecular weight is 1070 g/mol. The lowest BCUT2D eigenvalue weighted by atomic mass is 9.78. The van der Waals surface area contributed by atoms with Crippen LogP contribution >= 0.6 is 0 Å². The number of ether oxygens (including phenoxy) is 5. The van der Waals surface area contributed by atoms with Crippen LogP contribution < -0.4 is 0 Å². The number of piperidine rings is 1. The van der Waals surface area contributed by atoms with Gasteiger partial charge in [-0.3, -0.25) is 14.4 Å². The highest BCUT2D eigenvalue weighted by Gasteiger charge is 2.53. The largest absolute Gasteiger partial charge is 0.460 e. The number of ketones is 2. The third-order valence-corrected chi connectivity index (χ3v) is 16.2. The number of Topliss-reactive ketones (excluding diaryl/α,β-unsaturated/α-hetero) is 2. The third kappa shape index (κ3) is 17.6. The van der Waals surface area contributed by atoms with Gasteiger partial charge in [-0.2, -0.15) is 0 Å². The minimum Gasteiger partial charge on any atom is -0.460 e. The molecule has 0 aromatic carbocycles. The number of methoxy groups -OCH3 is 2. The van der Waals surface area contributed by atoms with E-state index in [1.54, 1.807) is 72.1 Å². The summed E-state index contributed by atoms with van der Waals surface area (Å²) < 4.78 is 29.8. The number of aliphatic hydroxyl groups excluding tert-OH is 8. The molecule has 3 heterocycles. The van der Waals surface area contributed by atoms with Crippen LogP contribution in [0.5, 0.6) is 0 Å². The molecule has 19 heteroatoms. The van der Waals surface area contributed by atoms with Gasteiger partial charge in [0.05, 0.1) is 43.7 Å². The Hall–Kier alpha value is -3.28. The van der Waals surface area contributed by atoms with Crippen LogP contribution in [0.4, 0.5) is 0 Å². The van der Waals surface area contributed by atoms with Crippen molar-refractivity contribution in [3.05, 3.63) is 47.6 Å². The summed E-state index contributed by atoms with van der Waals surface area (Å²) in [4.78, 5) is 58.4. The fourth-order valence-electron chi connectivity index (χ4n) is 11.1. The Morgan fingerprint density at radius 2 is 1.49 bits per heavy atom. The Kier molecular flexibility index (Phi) is 25.9. The second-order valence-electron chi connectivity index (χ2n) is 22.2. The summed E-state index contributed by atoms with van der Waals surface area (Å²) in [5, 5.41) is 96.8. The number of allylic oxidation sites excluding steroid dienone is 5. The molecular weight excluding hydrogens is 975 g/mol. The van der Waals surface area contributed by atoms with Crippen LogP contribution in [0.2, 0.25) is 0 Å². The molecule has 4 rings (SSSR count). The number of hydrogen-bond donors (Lipinski definition) is 9. The van der Waals surface area contributed by atoms with Crippen LogP contribution in [0.15, 0.2) is 47.6 Å². The molecule has 0 spiro atoms. The Bertz CT molecular complexity index is 1960. The van der Waals surface area contributed by atoms with Gasteiger partial charge in [-0.25, -0.2) is 4.79 Å². The Labute approximate surface area is 443 Å². The molecule has 20 atom stereocenters. The van der Waals surface area contributed by atoms with Gasteiger partial charge in [0.15, 0.2) is 5.78 Å². The first-order valence-electron chi connectivity index (χ1n) is 27.1. The van der Waals surface area contributed by atoms with Crippen molar-refractivity contribution >= 4 is 23.4 Å². The van der Waals surface area contributed by atoms with Crippen molar-refractivity contribution in [2.45, 2.75) is 211 Å². The Balaban J connectivity index is 1.73. The molecule has 0 aromatic rings. The highest BCUT2D eigenvalue weighted by molar-refractivity contribution is 6.39. The molecule has 75 heavy (non-hydrogen) atoms. The zero-order valence-electron chi connectivity index (χ0n) is 45.7. The molecule has 9 N–H and O–H groups in total. The highest BCUT2D eigenvalue weighted by atomic mass is 16.6. The smallest absolute Gasteiger partial charge is 0.329 e. The first-order valence-corrected chi connectivity index (χ1v) is 27.1. The molecule has 1 amide bonds. The maximum absolute atomic E-state index is 14.5. The van der Waals surface area contributed by atoms with E-state index in [0.29, 0.717) is 62.5 Å². The molecule has 3 fully saturated rings. The predicted molar refractivity (Wildman–Crippen MR) is 276 cm³/mol. The van der Waals surface area contributed by atoms with Crippen molar-refractivity contribution in [2.24, 2.45) is 35.5 Å². The minimum atomic E-state index is -2.62. The number of nitrogens with zero attached hydrogens (tertiary/aromatic N) is 1. The Morgan fingerprint density at radius 1 is 0.800 bits per heavy atom. The summed E-state index contributed by atoms with van der Waals surface area (Å²) >= 11 is 0. The molecule has 2 bridgehead atoms. The van der Waals surface area contributed by atoms with Crippen LogP contribution in [-0.2, 0) is 42.9 Å². The van der Waals surface area contributed by atoms with Crippen molar-refractivity contribution in [2.75, 3.05) is 34.0 Å². The van der Waals surface area contributed by atoms with Gasteiger partial charge in [0, 0.05) is 51.4 Å². The van der Waals surface area contributed by atoms with E-state index in [2.05, 4.69) is 0 Å². The minimum absolute atomic E-state index is 0.0107. The lowest BCUT2D eigenvalue weighted by Gasteiger charge is -2.43. The van der Waals surface area contributed by atoms with E-state index in [9.17, 15) is 65.1 Å². The summed E-state index contributed by atoms with van der Waals surface area (Å²) in [5.41, 5.74) is 0.978. The number of carbonyl (C=O) groups is 4. The number of rotatable bonds is 12. The summed E-state index contributed by atoms with van der Waals surface area (Å²) in [7, 11) is 2.91. The fraction of sp³-hybridized carbons (Fsp3) is 0.786. The van der Waals surface area contributed by atoms with Crippen LogP contribution in [0, 0.1) is 35.5 Å². The van der Waals surface area contributed by atoms with Crippen molar-refractivity contribution in [3.63, 3.8) is 0 Å². The second-order valence-corrected chi connectivity index (χ2v) is 22.2. The summed E-state index contributed by atoms with van der Waals surface area (Å²) in [5.74, 6) is -8.40. The highest BCUT2D eigenvalue weighted by Crippen LogP contribution is 2.38. The fourth-order valence-corrected chi connectivity index (χ4v) is 11.1. The molecule has 2 saturated heterocycles. The lowest BCUT2D eigenvalue weighted by molar-refractivity contribution is -0.266. The molecular formula is C56H91NO18. The summed E-state index contributed by atoms with van der Waals surface area (Å²) in [6, 6.07) is -1.21. The van der Waals surface area contributed by atoms with Crippen LogP contribution in [0.3, 0.4) is 0 Å². The number of aliphatic hydroxyl groups is 9. The maximum Gasteiger partial charge on any atom is 0.329 e. The number of carbonyl (C=O) groups excluding carboxylic acids is 4. The van der Waals surface area contributed by atoms with Crippen molar-refractivity contribution < 1.29 is 88.8 Å².